The molecule has 0 spiro atoms. The number of azide groups is 1. The second kappa shape index (κ2) is 4.87. The lowest BCUT2D eigenvalue weighted by atomic mass is 10.2. The molecule has 0 N–H and O–H groups in total. The molecule has 102 valence electrons. The molecule has 0 aliphatic rings. The van der Waals surface area contributed by atoms with Gasteiger partial charge in [-0.25, -0.2) is 14.6 Å². The Bertz CT molecular complexity index is 896. The van der Waals surface area contributed by atoms with E-state index in [0.29, 0.717) is 10.9 Å². The van der Waals surface area contributed by atoms with Gasteiger partial charge in [-0.05, 0) is 16.7 Å². The summed E-state index contributed by atoms with van der Waals surface area (Å²) in [6.07, 6.45) is 4.15. The third-order valence-corrected chi connectivity index (χ3v) is 2.79. The van der Waals surface area contributed by atoms with Crippen LogP contribution in [0.5, 0.6) is 0 Å². The maximum absolute atomic E-state index is 11.0. The normalized spacial score (nSPS) is 10.3. The van der Waals surface area contributed by atoms with Crippen LogP contribution in [-0.2, 0) is 0 Å². The van der Waals surface area contributed by atoms with E-state index < -0.39 is 4.92 Å². The van der Waals surface area contributed by atoms with Crippen molar-refractivity contribution in [2.24, 2.45) is 5.11 Å². The molecule has 0 amide bonds. The predicted molar refractivity (Wildman–Crippen MR) is 72.1 cm³/mol. The Morgan fingerprint density at radius 2 is 2.14 bits per heavy atom. The largest absolute Gasteiger partial charge is 0.280 e. The van der Waals surface area contributed by atoms with Crippen LogP contribution >= 0.6 is 0 Å². The van der Waals surface area contributed by atoms with Gasteiger partial charge in [-0.1, -0.05) is 6.07 Å². The van der Waals surface area contributed by atoms with E-state index in [4.69, 9.17) is 5.53 Å². The number of fused-ring (bicyclic) bond motifs is 1. The van der Waals surface area contributed by atoms with Crippen molar-refractivity contribution in [3.63, 3.8) is 0 Å². The van der Waals surface area contributed by atoms with Crippen LogP contribution in [0.3, 0.4) is 0 Å². The minimum absolute atomic E-state index is 0.0384. The van der Waals surface area contributed by atoms with Crippen LogP contribution in [0.4, 0.5) is 11.5 Å². The fraction of sp³-hybridized carbons (Fsp3) is 0. The number of non-ortho nitro benzene ring substituents is 1. The Balaban J connectivity index is 2.30. The number of nitro benzene ring substituents is 1. The minimum Gasteiger partial charge on any atom is -0.258 e. The predicted octanol–water partition coefficient (Wildman–Crippen LogP) is 2.67. The average molecular weight is 282 g/mol. The van der Waals surface area contributed by atoms with Crippen molar-refractivity contribution in [3.8, 4) is 5.82 Å². The van der Waals surface area contributed by atoms with Crippen molar-refractivity contribution in [1.82, 2.24) is 19.7 Å². The number of hydrogen-bond acceptors (Lipinski definition) is 6. The molecule has 0 saturated carbocycles. The molecular formula is C11H6N8O2. The monoisotopic (exact) mass is 282 g/mol. The highest BCUT2D eigenvalue weighted by Gasteiger charge is 2.17. The van der Waals surface area contributed by atoms with Crippen molar-refractivity contribution < 1.29 is 4.92 Å². The quantitative estimate of drug-likeness (QED) is 0.239. The molecule has 0 radical (unpaired) electrons. The Morgan fingerprint density at radius 3 is 2.90 bits per heavy atom. The smallest absolute Gasteiger partial charge is 0.258 e. The van der Waals surface area contributed by atoms with E-state index >= 15 is 0 Å². The van der Waals surface area contributed by atoms with Crippen LogP contribution in [0, 0.1) is 10.1 Å². The maximum Gasteiger partial charge on any atom is 0.280 e. The first-order valence-electron chi connectivity index (χ1n) is 5.70. The van der Waals surface area contributed by atoms with Gasteiger partial charge in [-0.2, -0.15) is 5.10 Å². The average Bonchev–Trinajstić information content (AvgIpc) is 2.91. The molecule has 0 aliphatic heterocycles. The van der Waals surface area contributed by atoms with Crippen molar-refractivity contribution >= 4 is 22.4 Å². The van der Waals surface area contributed by atoms with E-state index in [9.17, 15) is 10.1 Å². The van der Waals surface area contributed by atoms with Gasteiger partial charge in [0.2, 0.25) is 0 Å². The lowest BCUT2D eigenvalue weighted by Crippen LogP contribution is -2.00. The van der Waals surface area contributed by atoms with Crippen LogP contribution in [0.25, 0.3) is 27.2 Å². The van der Waals surface area contributed by atoms with Crippen molar-refractivity contribution in [1.29, 1.82) is 0 Å². The Hall–Kier alpha value is -3.52. The van der Waals surface area contributed by atoms with Crippen molar-refractivity contribution in [3.05, 3.63) is 57.3 Å². The zero-order valence-corrected chi connectivity index (χ0v) is 10.4. The van der Waals surface area contributed by atoms with E-state index in [1.807, 2.05) is 0 Å². The number of hydrogen-bond donors (Lipinski definition) is 0. The molecule has 0 unspecified atom stereocenters. The van der Waals surface area contributed by atoms with Crippen LogP contribution in [0.15, 0.2) is 41.9 Å². The van der Waals surface area contributed by atoms with Gasteiger partial charge in [0.15, 0.2) is 11.6 Å². The first-order chi connectivity index (χ1) is 10.2. The first kappa shape index (κ1) is 12.5. The van der Waals surface area contributed by atoms with Gasteiger partial charge in [-0.3, -0.25) is 10.1 Å². The molecular weight excluding hydrogens is 276 g/mol. The van der Waals surface area contributed by atoms with Gasteiger partial charge in [0.05, 0.1) is 22.0 Å². The highest BCUT2D eigenvalue weighted by atomic mass is 16.6. The van der Waals surface area contributed by atoms with E-state index in [2.05, 4.69) is 25.1 Å². The summed E-state index contributed by atoms with van der Waals surface area (Å²) in [6.45, 7) is 0. The lowest BCUT2D eigenvalue weighted by Gasteiger charge is -2.04. The third kappa shape index (κ3) is 2.01. The summed E-state index contributed by atoms with van der Waals surface area (Å²) in [7, 11) is 0. The highest BCUT2D eigenvalue weighted by Crippen LogP contribution is 2.28. The van der Waals surface area contributed by atoms with Gasteiger partial charge < -0.3 is 0 Å². The van der Waals surface area contributed by atoms with Crippen LogP contribution < -0.4 is 0 Å². The third-order valence-electron chi connectivity index (χ3n) is 2.79. The molecule has 2 heterocycles. The van der Waals surface area contributed by atoms with Gasteiger partial charge in [0.25, 0.3) is 5.69 Å². The van der Waals surface area contributed by atoms with E-state index in [1.165, 1.54) is 29.3 Å². The fourth-order valence-corrected chi connectivity index (χ4v) is 1.95. The molecule has 0 aliphatic carbocycles. The second-order valence-electron chi connectivity index (χ2n) is 3.92. The molecule has 0 atom stereocenters. The Morgan fingerprint density at radius 1 is 1.33 bits per heavy atom. The van der Waals surface area contributed by atoms with Crippen molar-refractivity contribution in [2.75, 3.05) is 0 Å². The lowest BCUT2D eigenvalue weighted by molar-refractivity contribution is -0.383. The number of aromatic nitrogens is 4. The van der Waals surface area contributed by atoms with Gasteiger partial charge >= 0.3 is 0 Å². The Labute approximate surface area is 116 Å². The molecule has 0 fully saturated rings. The molecule has 10 nitrogen and oxygen atoms in total. The summed E-state index contributed by atoms with van der Waals surface area (Å²) in [4.78, 5) is 21.2. The van der Waals surface area contributed by atoms with Gasteiger partial charge in [-0.15, -0.1) is 0 Å². The highest BCUT2D eigenvalue weighted by molar-refractivity contribution is 5.89. The van der Waals surface area contributed by atoms with Crippen LogP contribution in [0.1, 0.15) is 0 Å². The SMILES string of the molecule is [N-]=[N+]=Nc1nccnc1-n1ncc2c([N+](=O)[O-])cccc21. The molecule has 0 bridgehead atoms. The standard InChI is InChI=1S/C11H6N8O2/c12-17-16-10-11(14-5-4-13-10)18-8-2-1-3-9(19(20)21)7(8)6-15-18/h1-6H. The Kier molecular flexibility index (Phi) is 2.90. The van der Waals surface area contributed by atoms with Crippen molar-refractivity contribution in [2.45, 2.75) is 0 Å². The first-order valence-corrected chi connectivity index (χ1v) is 5.70. The van der Waals surface area contributed by atoms with E-state index in [1.54, 1.807) is 12.1 Å². The number of nitro groups is 1. The molecule has 0 saturated heterocycles. The molecule has 1 aromatic carbocycles. The van der Waals surface area contributed by atoms with E-state index in [0.717, 1.165) is 0 Å². The van der Waals surface area contributed by atoms with Gasteiger partial charge in [0, 0.05) is 23.4 Å². The zero-order valence-electron chi connectivity index (χ0n) is 10.4. The maximum atomic E-state index is 11.0. The summed E-state index contributed by atoms with van der Waals surface area (Å²) in [6, 6.07) is 4.59. The summed E-state index contributed by atoms with van der Waals surface area (Å²) in [5.41, 5.74) is 8.95. The number of rotatable bonds is 3. The second-order valence-corrected chi connectivity index (χ2v) is 3.92. The molecule has 2 aromatic heterocycles. The summed E-state index contributed by atoms with van der Waals surface area (Å²) in [5.74, 6) is 0.238. The topological polar surface area (TPSA) is 136 Å². The number of nitrogens with zero attached hydrogens (tertiary/aromatic N) is 8. The van der Waals surface area contributed by atoms with E-state index in [-0.39, 0.29) is 17.3 Å². The molecule has 21 heavy (non-hydrogen) atoms. The summed E-state index contributed by atoms with van der Waals surface area (Å²) < 4.78 is 1.35. The number of benzene rings is 1. The zero-order chi connectivity index (χ0) is 14.8. The van der Waals surface area contributed by atoms with Crippen LogP contribution in [0.2, 0.25) is 0 Å². The minimum atomic E-state index is -0.487. The van der Waals surface area contributed by atoms with Crippen LogP contribution in [-0.4, -0.2) is 24.7 Å². The van der Waals surface area contributed by atoms with Gasteiger partial charge in [0.1, 0.15) is 0 Å². The summed E-state index contributed by atoms with van der Waals surface area (Å²) >= 11 is 0. The fourth-order valence-electron chi connectivity index (χ4n) is 1.95. The summed E-state index contributed by atoms with van der Waals surface area (Å²) in [5, 5.41) is 18.9. The molecule has 3 aromatic rings. The molecule has 10 heteroatoms. The molecule has 3 rings (SSSR count).